The lowest BCUT2D eigenvalue weighted by Crippen LogP contribution is -2.19. The molecule has 0 aromatic heterocycles. The fourth-order valence-electron chi connectivity index (χ4n) is 2.13. The highest BCUT2D eigenvalue weighted by atomic mass is 32.2. The van der Waals surface area contributed by atoms with E-state index in [9.17, 15) is 22.4 Å². The molecule has 1 aliphatic heterocycles. The quantitative estimate of drug-likeness (QED) is 0.616. The molecule has 8 heteroatoms. The molecular weight excluding hydrogens is 356 g/mol. The Labute approximate surface area is 144 Å². The van der Waals surface area contributed by atoms with Gasteiger partial charge in [-0.3, -0.25) is 4.79 Å². The zero-order valence-corrected chi connectivity index (χ0v) is 13.3. The second-order valence-electron chi connectivity index (χ2n) is 5.02. The predicted molar refractivity (Wildman–Crippen MR) is 88.6 cm³/mol. The van der Waals surface area contributed by atoms with Crippen LogP contribution in [0.5, 0.6) is 0 Å². The average Bonchev–Trinajstić information content (AvgIpc) is 2.88. The molecule has 0 saturated carbocycles. The minimum atomic E-state index is -4.56. The minimum Gasteiger partial charge on any atom is -0.300 e. The van der Waals surface area contributed by atoms with E-state index in [1.54, 1.807) is 6.07 Å². The molecule has 0 bridgehead atoms. The van der Waals surface area contributed by atoms with E-state index >= 15 is 0 Å². The first-order chi connectivity index (χ1) is 11.8. The van der Waals surface area contributed by atoms with Crippen LogP contribution in [0, 0.1) is 5.82 Å². The van der Waals surface area contributed by atoms with Gasteiger partial charge >= 0.3 is 6.18 Å². The second-order valence-corrected chi connectivity index (χ2v) is 6.05. The van der Waals surface area contributed by atoms with E-state index in [2.05, 4.69) is 10.3 Å². The Balaban J connectivity index is 1.91. The molecule has 0 aliphatic carbocycles. The molecule has 0 atom stereocenters. The van der Waals surface area contributed by atoms with Crippen LogP contribution >= 0.6 is 11.8 Å². The first-order valence-corrected chi connectivity index (χ1v) is 7.86. The maximum absolute atomic E-state index is 13.7. The summed E-state index contributed by atoms with van der Waals surface area (Å²) in [4.78, 5) is 16.0. The van der Waals surface area contributed by atoms with Crippen LogP contribution in [-0.2, 0) is 11.0 Å². The van der Waals surface area contributed by atoms with Gasteiger partial charge in [0.25, 0.3) is 5.91 Å². The van der Waals surface area contributed by atoms with Crippen LogP contribution in [0.25, 0.3) is 6.08 Å². The Kier molecular flexibility index (Phi) is 4.63. The zero-order chi connectivity index (χ0) is 18.0. The lowest BCUT2D eigenvalue weighted by atomic mass is 10.2. The lowest BCUT2D eigenvalue weighted by Gasteiger charge is -2.09. The van der Waals surface area contributed by atoms with Gasteiger partial charge in [0.2, 0.25) is 0 Å². The third-order valence-corrected chi connectivity index (χ3v) is 4.18. The molecule has 0 unspecified atom stereocenters. The summed E-state index contributed by atoms with van der Waals surface area (Å²) < 4.78 is 52.6. The molecule has 1 N–H and O–H groups in total. The van der Waals surface area contributed by atoms with Crippen molar-refractivity contribution < 1.29 is 22.4 Å². The first kappa shape index (κ1) is 17.2. The summed E-state index contributed by atoms with van der Waals surface area (Å²) in [5.74, 6) is -1.05. The minimum absolute atomic E-state index is 0.00397. The second kappa shape index (κ2) is 6.72. The Hall–Kier alpha value is -2.61. The van der Waals surface area contributed by atoms with Gasteiger partial charge in [0.05, 0.1) is 16.2 Å². The van der Waals surface area contributed by atoms with Crippen LogP contribution in [0.1, 0.15) is 11.1 Å². The van der Waals surface area contributed by atoms with Crippen molar-refractivity contribution in [3.63, 3.8) is 0 Å². The van der Waals surface area contributed by atoms with Gasteiger partial charge in [-0.2, -0.15) is 13.2 Å². The molecule has 2 aromatic rings. The van der Waals surface area contributed by atoms with E-state index in [-0.39, 0.29) is 21.3 Å². The summed E-state index contributed by atoms with van der Waals surface area (Å²) in [6.07, 6.45) is -3.23. The third-order valence-electron chi connectivity index (χ3n) is 3.27. The summed E-state index contributed by atoms with van der Waals surface area (Å²) >= 11 is 0.853. The highest BCUT2D eigenvalue weighted by Crippen LogP contribution is 2.37. The molecule has 0 spiro atoms. The number of hydrogen-bond acceptors (Lipinski definition) is 3. The van der Waals surface area contributed by atoms with Crippen LogP contribution in [0.4, 0.5) is 23.2 Å². The summed E-state index contributed by atoms with van der Waals surface area (Å²) in [6.45, 7) is 0. The Morgan fingerprint density at radius 3 is 2.44 bits per heavy atom. The van der Waals surface area contributed by atoms with Crippen LogP contribution in [0.15, 0.2) is 58.4 Å². The predicted octanol–water partition coefficient (Wildman–Crippen LogP) is 4.74. The number of amidine groups is 1. The van der Waals surface area contributed by atoms with Crippen molar-refractivity contribution in [2.24, 2.45) is 4.99 Å². The van der Waals surface area contributed by atoms with Crippen LogP contribution in [0.3, 0.4) is 0 Å². The van der Waals surface area contributed by atoms with E-state index in [0.29, 0.717) is 0 Å². The molecule has 2 aromatic carbocycles. The number of nitrogens with zero attached hydrogens (tertiary/aromatic N) is 1. The summed E-state index contributed by atoms with van der Waals surface area (Å²) in [5.41, 5.74) is -0.995. The van der Waals surface area contributed by atoms with Crippen molar-refractivity contribution in [3.05, 3.63) is 70.4 Å². The Bertz CT molecular complexity index is 890. The van der Waals surface area contributed by atoms with Gasteiger partial charge in [0.1, 0.15) is 5.82 Å². The number of aliphatic imine (C=N–C) groups is 1. The molecule has 1 aliphatic rings. The van der Waals surface area contributed by atoms with Crippen molar-refractivity contribution in [1.82, 2.24) is 5.32 Å². The van der Waals surface area contributed by atoms with Gasteiger partial charge in [-0.15, -0.1) is 0 Å². The monoisotopic (exact) mass is 366 g/mol. The highest BCUT2D eigenvalue weighted by molar-refractivity contribution is 8.18. The highest BCUT2D eigenvalue weighted by Gasteiger charge is 2.34. The number of halogens is 4. The van der Waals surface area contributed by atoms with Gasteiger partial charge in [0.15, 0.2) is 5.17 Å². The van der Waals surface area contributed by atoms with Crippen LogP contribution in [-0.4, -0.2) is 11.1 Å². The van der Waals surface area contributed by atoms with Gasteiger partial charge in [-0.05, 0) is 36.0 Å². The summed E-state index contributed by atoms with van der Waals surface area (Å²) in [7, 11) is 0. The Morgan fingerprint density at radius 2 is 1.72 bits per heavy atom. The fourth-order valence-corrected chi connectivity index (χ4v) is 2.96. The van der Waals surface area contributed by atoms with E-state index in [0.717, 1.165) is 17.8 Å². The number of benzene rings is 2. The zero-order valence-electron chi connectivity index (χ0n) is 12.5. The van der Waals surface area contributed by atoms with Crippen molar-refractivity contribution in [3.8, 4) is 0 Å². The van der Waals surface area contributed by atoms with Crippen LogP contribution in [0.2, 0.25) is 0 Å². The number of nitrogens with one attached hydrogen (secondary N) is 1. The number of amides is 1. The van der Waals surface area contributed by atoms with Crippen LogP contribution < -0.4 is 5.32 Å². The molecular formula is C17H10F4N2OS. The maximum atomic E-state index is 13.7. The molecule has 3 nitrogen and oxygen atoms in total. The lowest BCUT2D eigenvalue weighted by molar-refractivity contribution is -0.137. The van der Waals surface area contributed by atoms with Crippen molar-refractivity contribution in [2.45, 2.75) is 6.18 Å². The van der Waals surface area contributed by atoms with E-state index < -0.39 is 23.5 Å². The summed E-state index contributed by atoms with van der Waals surface area (Å²) in [6, 6.07) is 10.7. The van der Waals surface area contributed by atoms with Gasteiger partial charge in [0, 0.05) is 5.56 Å². The molecule has 3 rings (SSSR count). The molecule has 1 amide bonds. The van der Waals surface area contributed by atoms with Gasteiger partial charge < -0.3 is 5.32 Å². The van der Waals surface area contributed by atoms with Crippen molar-refractivity contribution in [2.75, 3.05) is 0 Å². The average molecular weight is 366 g/mol. The number of rotatable bonds is 2. The number of carbonyl (C=O) groups is 1. The number of alkyl halides is 3. The standard InChI is InChI=1S/C17H10F4N2OS/c18-12-7-3-1-5-10(12)9-14-15(24)23-16(25-14)22-13-8-4-2-6-11(13)17(19,20)21/h1-9H,(H,22,23,24)/b14-9+. The third kappa shape index (κ3) is 3.90. The topological polar surface area (TPSA) is 41.5 Å². The molecule has 1 heterocycles. The number of carbonyl (C=O) groups excluding carboxylic acids is 1. The SMILES string of the molecule is O=C1NC(=Nc2ccccc2C(F)(F)F)S/C1=C/c1ccccc1F. The van der Waals surface area contributed by atoms with Crippen molar-refractivity contribution >= 4 is 34.6 Å². The molecule has 1 fully saturated rings. The Morgan fingerprint density at radius 1 is 1.04 bits per heavy atom. The largest absolute Gasteiger partial charge is 0.418 e. The number of para-hydroxylation sites is 1. The number of thioether (sulfide) groups is 1. The molecule has 128 valence electrons. The molecule has 0 radical (unpaired) electrons. The van der Waals surface area contributed by atoms with E-state index in [4.69, 9.17) is 0 Å². The van der Waals surface area contributed by atoms with Gasteiger partial charge in [-0.25, -0.2) is 9.38 Å². The normalized spacial score (nSPS) is 18.0. The maximum Gasteiger partial charge on any atom is 0.418 e. The summed E-state index contributed by atoms with van der Waals surface area (Å²) in [5, 5.41) is 2.39. The fraction of sp³-hybridized carbons (Fsp3) is 0.0588. The molecule has 1 saturated heterocycles. The first-order valence-electron chi connectivity index (χ1n) is 7.05. The van der Waals surface area contributed by atoms with E-state index in [1.165, 1.54) is 42.5 Å². The smallest absolute Gasteiger partial charge is 0.300 e. The number of hydrogen-bond donors (Lipinski definition) is 1. The van der Waals surface area contributed by atoms with Gasteiger partial charge in [-0.1, -0.05) is 30.3 Å². The van der Waals surface area contributed by atoms with E-state index in [1.807, 2.05) is 0 Å². The van der Waals surface area contributed by atoms with Crippen molar-refractivity contribution in [1.29, 1.82) is 0 Å². The molecule has 25 heavy (non-hydrogen) atoms.